The minimum absolute atomic E-state index is 0.0304. The summed E-state index contributed by atoms with van der Waals surface area (Å²) in [6.07, 6.45) is 4.22. The van der Waals surface area contributed by atoms with Crippen molar-refractivity contribution < 1.29 is 4.74 Å². The van der Waals surface area contributed by atoms with Crippen molar-refractivity contribution in [3.63, 3.8) is 0 Å². The van der Waals surface area contributed by atoms with Gasteiger partial charge in [0.15, 0.2) is 0 Å². The maximum atomic E-state index is 6.11. The first-order valence-corrected chi connectivity index (χ1v) is 5.79. The maximum Gasteiger partial charge on any atom is 0.0755 e. The van der Waals surface area contributed by atoms with Crippen molar-refractivity contribution in [2.24, 2.45) is 5.41 Å². The SMILES string of the molecule is CC1(C)CCC2OC(C)(C)CNC2C1. The van der Waals surface area contributed by atoms with Crippen molar-refractivity contribution in [1.29, 1.82) is 0 Å². The van der Waals surface area contributed by atoms with E-state index in [1.54, 1.807) is 0 Å². The molecule has 2 heteroatoms. The average molecular weight is 197 g/mol. The second-order valence-corrected chi connectivity index (χ2v) is 6.31. The van der Waals surface area contributed by atoms with Crippen LogP contribution in [0.3, 0.4) is 0 Å². The molecule has 0 amide bonds. The van der Waals surface area contributed by atoms with Crippen LogP contribution in [0.4, 0.5) is 0 Å². The van der Waals surface area contributed by atoms with E-state index in [1.165, 1.54) is 19.3 Å². The lowest BCUT2D eigenvalue weighted by Gasteiger charge is -2.48. The molecule has 2 aliphatic rings. The second kappa shape index (κ2) is 3.21. The molecular formula is C12H23NO. The number of ether oxygens (including phenoxy) is 1. The highest BCUT2D eigenvalue weighted by atomic mass is 16.5. The van der Waals surface area contributed by atoms with Gasteiger partial charge >= 0.3 is 0 Å². The molecule has 1 saturated heterocycles. The number of morpholine rings is 1. The van der Waals surface area contributed by atoms with Crippen LogP contribution >= 0.6 is 0 Å². The molecule has 0 radical (unpaired) electrons. The quantitative estimate of drug-likeness (QED) is 0.643. The molecule has 0 aromatic rings. The lowest BCUT2D eigenvalue weighted by Crippen LogP contribution is -2.59. The molecule has 0 bridgehead atoms. The Kier molecular flexibility index (Phi) is 2.39. The van der Waals surface area contributed by atoms with Gasteiger partial charge in [0.25, 0.3) is 0 Å². The van der Waals surface area contributed by atoms with Gasteiger partial charge in [0.1, 0.15) is 0 Å². The van der Waals surface area contributed by atoms with Crippen molar-refractivity contribution >= 4 is 0 Å². The molecule has 2 atom stereocenters. The first kappa shape index (κ1) is 10.4. The molecule has 2 fully saturated rings. The van der Waals surface area contributed by atoms with Crippen LogP contribution in [-0.2, 0) is 4.74 Å². The van der Waals surface area contributed by atoms with E-state index in [2.05, 4.69) is 33.0 Å². The summed E-state index contributed by atoms with van der Waals surface area (Å²) in [6.45, 7) is 10.1. The Bertz CT molecular complexity index is 198. The van der Waals surface area contributed by atoms with Crippen molar-refractivity contribution in [3.05, 3.63) is 0 Å². The first-order valence-electron chi connectivity index (χ1n) is 5.79. The minimum atomic E-state index is 0.0304. The smallest absolute Gasteiger partial charge is 0.0755 e. The number of rotatable bonds is 0. The summed E-state index contributed by atoms with van der Waals surface area (Å²) >= 11 is 0. The van der Waals surface area contributed by atoms with Gasteiger partial charge in [-0.05, 0) is 38.5 Å². The minimum Gasteiger partial charge on any atom is -0.369 e. The van der Waals surface area contributed by atoms with Gasteiger partial charge in [-0.3, -0.25) is 0 Å². The fourth-order valence-corrected chi connectivity index (χ4v) is 2.74. The van der Waals surface area contributed by atoms with Gasteiger partial charge in [0, 0.05) is 12.6 Å². The number of nitrogens with one attached hydrogen (secondary N) is 1. The normalized spacial score (nSPS) is 40.3. The van der Waals surface area contributed by atoms with E-state index in [9.17, 15) is 0 Å². The topological polar surface area (TPSA) is 21.3 Å². The van der Waals surface area contributed by atoms with Crippen LogP contribution in [0.2, 0.25) is 0 Å². The molecule has 1 aliphatic heterocycles. The Hall–Kier alpha value is -0.0800. The summed E-state index contributed by atoms with van der Waals surface area (Å²) < 4.78 is 6.11. The summed E-state index contributed by atoms with van der Waals surface area (Å²) in [5.74, 6) is 0. The fraction of sp³-hybridized carbons (Fsp3) is 1.00. The van der Waals surface area contributed by atoms with Crippen LogP contribution < -0.4 is 5.32 Å². The van der Waals surface area contributed by atoms with Gasteiger partial charge in [-0.2, -0.15) is 0 Å². The Labute approximate surface area is 87.4 Å². The van der Waals surface area contributed by atoms with Gasteiger partial charge in [0.2, 0.25) is 0 Å². The zero-order valence-corrected chi connectivity index (χ0v) is 9.89. The molecule has 0 spiro atoms. The summed E-state index contributed by atoms with van der Waals surface area (Å²) in [4.78, 5) is 0. The highest BCUT2D eigenvalue weighted by Gasteiger charge is 2.41. The summed E-state index contributed by atoms with van der Waals surface area (Å²) in [6, 6.07) is 0.590. The van der Waals surface area contributed by atoms with E-state index in [4.69, 9.17) is 4.74 Å². The largest absolute Gasteiger partial charge is 0.369 e. The van der Waals surface area contributed by atoms with Gasteiger partial charge in [0.05, 0.1) is 11.7 Å². The molecular weight excluding hydrogens is 174 g/mol. The van der Waals surface area contributed by atoms with E-state index < -0.39 is 0 Å². The first-order chi connectivity index (χ1) is 6.38. The predicted molar refractivity (Wildman–Crippen MR) is 58.4 cm³/mol. The summed E-state index contributed by atoms with van der Waals surface area (Å²) in [7, 11) is 0. The molecule has 2 unspecified atom stereocenters. The Morgan fingerprint density at radius 3 is 2.64 bits per heavy atom. The number of hydrogen-bond acceptors (Lipinski definition) is 2. The van der Waals surface area contributed by atoms with E-state index in [0.717, 1.165) is 6.54 Å². The molecule has 0 aromatic heterocycles. The van der Waals surface area contributed by atoms with E-state index in [-0.39, 0.29) is 5.60 Å². The molecule has 82 valence electrons. The lowest BCUT2D eigenvalue weighted by atomic mass is 9.73. The van der Waals surface area contributed by atoms with Crippen LogP contribution in [0.1, 0.15) is 47.0 Å². The molecule has 2 rings (SSSR count). The van der Waals surface area contributed by atoms with Crippen molar-refractivity contribution in [3.8, 4) is 0 Å². The second-order valence-electron chi connectivity index (χ2n) is 6.31. The maximum absolute atomic E-state index is 6.11. The molecule has 1 heterocycles. The van der Waals surface area contributed by atoms with Crippen molar-refractivity contribution in [2.45, 2.75) is 64.7 Å². The van der Waals surface area contributed by atoms with Crippen LogP contribution in [0, 0.1) is 5.41 Å². The Morgan fingerprint density at radius 2 is 1.93 bits per heavy atom. The zero-order chi connectivity index (χ0) is 10.4. The van der Waals surface area contributed by atoms with E-state index >= 15 is 0 Å². The monoisotopic (exact) mass is 197 g/mol. The average Bonchev–Trinajstić information content (AvgIpc) is 2.04. The van der Waals surface area contributed by atoms with E-state index in [0.29, 0.717) is 17.6 Å². The standard InChI is InChI=1S/C12H23NO/c1-11(2)6-5-10-9(7-11)13-8-12(3,4)14-10/h9-10,13H,5-8H2,1-4H3. The van der Waals surface area contributed by atoms with Crippen molar-refractivity contribution in [1.82, 2.24) is 5.32 Å². The fourth-order valence-electron chi connectivity index (χ4n) is 2.74. The molecule has 1 aliphatic carbocycles. The van der Waals surface area contributed by atoms with Gasteiger partial charge in [-0.25, -0.2) is 0 Å². The predicted octanol–water partition coefficient (Wildman–Crippen LogP) is 2.33. The zero-order valence-electron chi connectivity index (χ0n) is 9.89. The molecule has 2 nitrogen and oxygen atoms in total. The molecule has 1 saturated carbocycles. The Balaban J connectivity index is 2.01. The highest BCUT2D eigenvalue weighted by molar-refractivity contribution is 4.95. The third-order valence-electron chi connectivity index (χ3n) is 3.59. The van der Waals surface area contributed by atoms with Gasteiger partial charge in [-0.1, -0.05) is 13.8 Å². The lowest BCUT2D eigenvalue weighted by molar-refractivity contribution is -0.138. The molecule has 14 heavy (non-hydrogen) atoms. The van der Waals surface area contributed by atoms with E-state index in [1.807, 2.05) is 0 Å². The van der Waals surface area contributed by atoms with Crippen LogP contribution in [0.25, 0.3) is 0 Å². The summed E-state index contributed by atoms with van der Waals surface area (Å²) in [5, 5.41) is 3.64. The Morgan fingerprint density at radius 1 is 1.21 bits per heavy atom. The van der Waals surface area contributed by atoms with Crippen LogP contribution in [-0.4, -0.2) is 24.3 Å². The van der Waals surface area contributed by atoms with Gasteiger partial charge in [-0.15, -0.1) is 0 Å². The number of fused-ring (bicyclic) bond motifs is 1. The third-order valence-corrected chi connectivity index (χ3v) is 3.59. The number of hydrogen-bond donors (Lipinski definition) is 1. The van der Waals surface area contributed by atoms with Gasteiger partial charge < -0.3 is 10.1 Å². The summed E-state index contributed by atoms with van der Waals surface area (Å²) in [5.41, 5.74) is 0.529. The van der Waals surface area contributed by atoms with Crippen LogP contribution in [0.15, 0.2) is 0 Å². The van der Waals surface area contributed by atoms with Crippen LogP contribution in [0.5, 0.6) is 0 Å². The highest BCUT2D eigenvalue weighted by Crippen LogP contribution is 2.39. The van der Waals surface area contributed by atoms with Crippen molar-refractivity contribution in [2.75, 3.05) is 6.54 Å². The molecule has 0 aromatic carbocycles. The third kappa shape index (κ3) is 2.12. The molecule has 1 N–H and O–H groups in total.